The molecule has 5 rings (SSSR count). The van der Waals surface area contributed by atoms with Gasteiger partial charge >= 0.3 is 6.18 Å². The maximum atomic E-state index is 14.3. The first-order chi connectivity index (χ1) is 17.2. The number of hydrogen-bond donors (Lipinski definition) is 1. The van der Waals surface area contributed by atoms with E-state index in [1.54, 1.807) is 28.8 Å². The minimum absolute atomic E-state index is 0.137. The first kappa shape index (κ1) is 23.2. The third kappa shape index (κ3) is 4.28. The smallest absolute Gasteiger partial charge is 0.322 e. The summed E-state index contributed by atoms with van der Waals surface area (Å²) in [4.78, 5) is 20.9. The van der Waals surface area contributed by atoms with Gasteiger partial charge in [0.2, 0.25) is 5.95 Å². The molecule has 5 aromatic rings. The van der Waals surface area contributed by atoms with Crippen LogP contribution in [0.2, 0.25) is 0 Å². The van der Waals surface area contributed by atoms with E-state index < -0.39 is 35.0 Å². The second-order valence-corrected chi connectivity index (χ2v) is 7.82. The molecule has 0 bridgehead atoms. The molecule has 0 spiro atoms. The molecule has 0 aliphatic heterocycles. The zero-order valence-corrected chi connectivity index (χ0v) is 18.2. The van der Waals surface area contributed by atoms with Gasteiger partial charge in [-0.1, -0.05) is 6.07 Å². The quantitative estimate of drug-likeness (QED) is 0.226. The highest BCUT2D eigenvalue weighted by Gasteiger charge is 2.35. The molecule has 0 radical (unpaired) electrons. The molecule has 180 valence electrons. The highest BCUT2D eigenvalue weighted by Crippen LogP contribution is 2.36. The Bertz CT molecular complexity index is 1590. The van der Waals surface area contributed by atoms with Crippen molar-refractivity contribution >= 4 is 17.2 Å². The van der Waals surface area contributed by atoms with Crippen molar-refractivity contribution in [3.63, 3.8) is 0 Å². The van der Waals surface area contributed by atoms with Crippen LogP contribution in [0.4, 0.5) is 27.6 Å². The van der Waals surface area contributed by atoms with Crippen LogP contribution in [0.1, 0.15) is 15.9 Å². The van der Waals surface area contributed by atoms with Gasteiger partial charge in [0.1, 0.15) is 11.5 Å². The predicted molar refractivity (Wildman–Crippen MR) is 123 cm³/mol. The van der Waals surface area contributed by atoms with Gasteiger partial charge in [-0.15, -0.1) is 0 Å². The second-order valence-electron chi connectivity index (χ2n) is 7.82. The molecule has 1 N–H and O–H groups in total. The average molecular weight is 494 g/mol. The Morgan fingerprint density at radius 3 is 2.36 bits per heavy atom. The third-order valence-electron chi connectivity index (χ3n) is 5.55. The van der Waals surface area contributed by atoms with Crippen LogP contribution in [0.5, 0.6) is 0 Å². The summed E-state index contributed by atoms with van der Waals surface area (Å²) in [5.41, 5.74) is 0.0707. The molecular formula is C26H15F5N4O. The maximum absolute atomic E-state index is 14.3. The van der Waals surface area contributed by atoms with Crippen molar-refractivity contribution < 1.29 is 26.7 Å². The number of imidazole rings is 1. The highest BCUT2D eigenvalue weighted by molar-refractivity contribution is 6.06. The fourth-order valence-electron chi connectivity index (χ4n) is 3.89. The van der Waals surface area contributed by atoms with Gasteiger partial charge in [0.25, 0.3) is 5.91 Å². The Morgan fingerprint density at radius 2 is 1.64 bits per heavy atom. The zero-order chi connectivity index (χ0) is 25.4. The van der Waals surface area contributed by atoms with Gasteiger partial charge in [0.15, 0.2) is 0 Å². The molecule has 0 atom stereocenters. The van der Waals surface area contributed by atoms with E-state index in [9.17, 15) is 26.7 Å². The average Bonchev–Trinajstić information content (AvgIpc) is 3.29. The molecule has 0 fully saturated rings. The van der Waals surface area contributed by atoms with Crippen LogP contribution in [0.25, 0.3) is 28.0 Å². The molecule has 5 nitrogen and oxygen atoms in total. The number of benzene rings is 2. The van der Waals surface area contributed by atoms with E-state index in [0.29, 0.717) is 22.5 Å². The number of carbonyl (C=O) groups excluding carboxylic acids is 1. The minimum Gasteiger partial charge on any atom is -0.322 e. The molecule has 0 aliphatic rings. The number of carbonyl (C=O) groups is 1. The highest BCUT2D eigenvalue weighted by atomic mass is 19.4. The van der Waals surface area contributed by atoms with Crippen LogP contribution in [-0.4, -0.2) is 20.3 Å². The monoisotopic (exact) mass is 494 g/mol. The summed E-state index contributed by atoms with van der Waals surface area (Å²) in [5, 5.41) is 2.37. The number of amides is 1. The van der Waals surface area contributed by atoms with Gasteiger partial charge in [-0.05, 0) is 66.2 Å². The molecular weight excluding hydrogens is 479 g/mol. The maximum Gasteiger partial charge on any atom is 0.417 e. The van der Waals surface area contributed by atoms with E-state index in [0.717, 1.165) is 24.3 Å². The fourth-order valence-corrected chi connectivity index (χ4v) is 3.89. The standard InChI is InChI=1S/C26H15F5N4O/c27-16-6-8-17(9-7-16)34-25(36)20-13-15(5-10-21(20)26(29,30)31)18-4-2-12-35-22(14-33-24(18)35)19-3-1-11-32-23(19)28/h1-14H,(H,34,36). The number of halogens is 5. The summed E-state index contributed by atoms with van der Waals surface area (Å²) in [6, 6.07) is 14.2. The number of anilines is 1. The number of nitrogens with zero attached hydrogens (tertiary/aromatic N) is 3. The first-order valence-electron chi connectivity index (χ1n) is 10.6. The van der Waals surface area contributed by atoms with E-state index in [-0.39, 0.29) is 11.3 Å². The summed E-state index contributed by atoms with van der Waals surface area (Å²) in [6.07, 6.45) is -0.405. The third-order valence-corrected chi connectivity index (χ3v) is 5.55. The van der Waals surface area contributed by atoms with Gasteiger partial charge in [0.05, 0.1) is 28.6 Å². The Labute approximate surface area is 200 Å². The van der Waals surface area contributed by atoms with E-state index in [4.69, 9.17) is 0 Å². The van der Waals surface area contributed by atoms with Gasteiger partial charge in [-0.3, -0.25) is 9.20 Å². The Morgan fingerprint density at radius 1 is 0.889 bits per heavy atom. The van der Waals surface area contributed by atoms with Crippen LogP contribution >= 0.6 is 0 Å². The van der Waals surface area contributed by atoms with E-state index in [2.05, 4.69) is 15.3 Å². The molecule has 3 aromatic heterocycles. The van der Waals surface area contributed by atoms with Gasteiger partial charge in [-0.2, -0.15) is 17.6 Å². The van der Waals surface area contributed by atoms with Crippen LogP contribution in [0.3, 0.4) is 0 Å². The Kier molecular flexibility index (Phi) is 5.71. The molecule has 0 saturated heterocycles. The Balaban J connectivity index is 1.61. The Hall–Kier alpha value is -4.60. The number of fused-ring (bicyclic) bond motifs is 1. The van der Waals surface area contributed by atoms with Crippen molar-refractivity contribution in [3.05, 3.63) is 108 Å². The molecule has 10 heteroatoms. The number of aromatic nitrogens is 3. The van der Waals surface area contributed by atoms with Crippen molar-refractivity contribution in [2.45, 2.75) is 6.18 Å². The SMILES string of the molecule is O=C(Nc1ccc(F)cc1)c1cc(-c2cccn3c(-c4cccnc4F)cnc23)ccc1C(F)(F)F. The van der Waals surface area contributed by atoms with E-state index in [1.165, 1.54) is 36.7 Å². The lowest BCUT2D eigenvalue weighted by molar-refractivity contribution is -0.137. The number of alkyl halides is 3. The molecule has 0 aliphatic carbocycles. The molecule has 3 heterocycles. The summed E-state index contributed by atoms with van der Waals surface area (Å²) < 4.78 is 70.2. The second kappa shape index (κ2) is 8.88. The van der Waals surface area contributed by atoms with Crippen molar-refractivity contribution in [2.24, 2.45) is 0 Å². The fraction of sp³-hybridized carbons (Fsp3) is 0.0385. The van der Waals surface area contributed by atoms with Gasteiger partial charge < -0.3 is 5.32 Å². The van der Waals surface area contributed by atoms with Crippen LogP contribution in [0.15, 0.2) is 85.3 Å². The molecule has 1 amide bonds. The van der Waals surface area contributed by atoms with E-state index in [1.807, 2.05) is 0 Å². The normalized spacial score (nSPS) is 11.6. The minimum atomic E-state index is -4.79. The van der Waals surface area contributed by atoms with E-state index >= 15 is 0 Å². The molecule has 36 heavy (non-hydrogen) atoms. The number of hydrogen-bond acceptors (Lipinski definition) is 3. The lowest BCUT2D eigenvalue weighted by Crippen LogP contribution is -2.19. The predicted octanol–water partition coefficient (Wildman–Crippen LogP) is 6.61. The largest absolute Gasteiger partial charge is 0.417 e. The first-order valence-corrected chi connectivity index (χ1v) is 10.6. The molecule has 0 saturated carbocycles. The lowest BCUT2D eigenvalue weighted by Gasteiger charge is -2.15. The van der Waals surface area contributed by atoms with Crippen molar-refractivity contribution in [3.8, 4) is 22.4 Å². The van der Waals surface area contributed by atoms with Crippen LogP contribution in [0, 0.1) is 11.8 Å². The lowest BCUT2D eigenvalue weighted by atomic mass is 9.98. The van der Waals surface area contributed by atoms with Gasteiger partial charge in [0, 0.05) is 23.6 Å². The zero-order valence-electron chi connectivity index (χ0n) is 18.2. The van der Waals surface area contributed by atoms with Crippen LogP contribution in [-0.2, 0) is 6.18 Å². The number of nitrogens with one attached hydrogen (secondary N) is 1. The van der Waals surface area contributed by atoms with Crippen molar-refractivity contribution in [1.82, 2.24) is 14.4 Å². The number of pyridine rings is 2. The van der Waals surface area contributed by atoms with Crippen molar-refractivity contribution in [2.75, 3.05) is 5.32 Å². The molecule has 0 unspecified atom stereocenters. The summed E-state index contributed by atoms with van der Waals surface area (Å²) in [7, 11) is 0. The topological polar surface area (TPSA) is 59.3 Å². The molecule has 2 aromatic carbocycles. The van der Waals surface area contributed by atoms with Crippen molar-refractivity contribution in [1.29, 1.82) is 0 Å². The van der Waals surface area contributed by atoms with Crippen LogP contribution < -0.4 is 5.32 Å². The number of rotatable bonds is 4. The summed E-state index contributed by atoms with van der Waals surface area (Å²) in [6.45, 7) is 0. The summed E-state index contributed by atoms with van der Waals surface area (Å²) in [5.74, 6) is -2.26. The summed E-state index contributed by atoms with van der Waals surface area (Å²) >= 11 is 0. The van der Waals surface area contributed by atoms with Gasteiger partial charge in [-0.25, -0.2) is 14.4 Å².